The lowest BCUT2D eigenvalue weighted by Gasteiger charge is -2.13. The number of ether oxygens (including phenoxy) is 2. The molecule has 6 heteroatoms. The van der Waals surface area contributed by atoms with E-state index in [1.807, 2.05) is 48.8 Å². The Bertz CT molecular complexity index is 1010. The second-order valence-electron chi connectivity index (χ2n) is 5.45. The van der Waals surface area contributed by atoms with Crippen molar-refractivity contribution in [2.24, 2.45) is 0 Å². The standard InChI is InChI=1S/C19H17N3O2S/c1-23-16-8-7-13(11-17(16)24-2)20-19-15-5-3-9-22(15)12-14(21-19)18-6-4-10-25-18/h3-12H,1-2H3,(H,20,21). The molecule has 1 aromatic carbocycles. The van der Waals surface area contributed by atoms with Crippen molar-refractivity contribution >= 4 is 28.4 Å². The second kappa shape index (κ2) is 6.49. The van der Waals surface area contributed by atoms with E-state index in [1.165, 1.54) is 0 Å². The molecule has 0 unspecified atom stereocenters. The fraction of sp³-hybridized carbons (Fsp3) is 0.105. The molecule has 0 aliphatic rings. The molecule has 0 spiro atoms. The van der Waals surface area contributed by atoms with Crippen molar-refractivity contribution < 1.29 is 9.47 Å². The number of benzene rings is 1. The van der Waals surface area contributed by atoms with Gasteiger partial charge in [-0.15, -0.1) is 11.3 Å². The Morgan fingerprint density at radius 2 is 1.92 bits per heavy atom. The van der Waals surface area contributed by atoms with Crippen LogP contribution >= 0.6 is 11.3 Å². The van der Waals surface area contributed by atoms with E-state index in [0.29, 0.717) is 11.5 Å². The average Bonchev–Trinajstić information content (AvgIpc) is 3.33. The van der Waals surface area contributed by atoms with Gasteiger partial charge in [0.2, 0.25) is 0 Å². The van der Waals surface area contributed by atoms with Crippen LogP contribution in [-0.2, 0) is 0 Å². The van der Waals surface area contributed by atoms with Crippen molar-refractivity contribution in [3.63, 3.8) is 0 Å². The highest BCUT2D eigenvalue weighted by atomic mass is 32.1. The van der Waals surface area contributed by atoms with Crippen LogP contribution in [0.4, 0.5) is 11.5 Å². The Hall–Kier alpha value is -2.99. The molecule has 0 saturated heterocycles. The van der Waals surface area contributed by atoms with E-state index < -0.39 is 0 Å². The summed E-state index contributed by atoms with van der Waals surface area (Å²) in [6, 6.07) is 13.9. The number of nitrogens with one attached hydrogen (secondary N) is 1. The summed E-state index contributed by atoms with van der Waals surface area (Å²) in [6.45, 7) is 0. The van der Waals surface area contributed by atoms with Crippen LogP contribution < -0.4 is 14.8 Å². The number of hydrogen-bond acceptors (Lipinski definition) is 5. The molecule has 4 aromatic rings. The number of nitrogens with zero attached hydrogens (tertiary/aromatic N) is 2. The first-order valence-electron chi connectivity index (χ1n) is 7.79. The topological polar surface area (TPSA) is 47.8 Å². The molecule has 0 amide bonds. The molecule has 1 N–H and O–H groups in total. The number of hydrogen-bond donors (Lipinski definition) is 1. The average molecular weight is 351 g/mol. The van der Waals surface area contributed by atoms with Crippen molar-refractivity contribution in [1.82, 2.24) is 9.38 Å². The van der Waals surface area contributed by atoms with Crippen molar-refractivity contribution in [3.8, 4) is 22.1 Å². The number of rotatable bonds is 5. The molecule has 126 valence electrons. The van der Waals surface area contributed by atoms with Crippen molar-refractivity contribution in [3.05, 3.63) is 60.2 Å². The summed E-state index contributed by atoms with van der Waals surface area (Å²) < 4.78 is 12.8. The quantitative estimate of drug-likeness (QED) is 0.560. The minimum Gasteiger partial charge on any atom is -0.493 e. The van der Waals surface area contributed by atoms with Crippen LogP contribution in [0, 0.1) is 0 Å². The fourth-order valence-corrected chi connectivity index (χ4v) is 3.41. The third kappa shape index (κ3) is 2.92. The van der Waals surface area contributed by atoms with Crippen molar-refractivity contribution in [1.29, 1.82) is 0 Å². The Morgan fingerprint density at radius 3 is 2.68 bits per heavy atom. The van der Waals surface area contributed by atoms with E-state index >= 15 is 0 Å². The minimum absolute atomic E-state index is 0.674. The largest absolute Gasteiger partial charge is 0.493 e. The smallest absolute Gasteiger partial charge is 0.162 e. The number of methoxy groups -OCH3 is 2. The zero-order chi connectivity index (χ0) is 17.2. The van der Waals surface area contributed by atoms with Crippen LogP contribution in [0.25, 0.3) is 16.1 Å². The maximum Gasteiger partial charge on any atom is 0.162 e. The van der Waals surface area contributed by atoms with Crippen molar-refractivity contribution in [2.75, 3.05) is 19.5 Å². The molecule has 0 bridgehead atoms. The summed E-state index contributed by atoms with van der Waals surface area (Å²) in [5, 5.41) is 5.45. The highest BCUT2D eigenvalue weighted by Gasteiger charge is 2.10. The van der Waals surface area contributed by atoms with Gasteiger partial charge in [-0.05, 0) is 35.7 Å². The molecule has 0 atom stereocenters. The van der Waals surface area contributed by atoms with Gasteiger partial charge in [-0.2, -0.15) is 0 Å². The van der Waals surface area contributed by atoms with Gasteiger partial charge in [-0.1, -0.05) is 6.07 Å². The molecule has 0 radical (unpaired) electrons. The van der Waals surface area contributed by atoms with Crippen LogP contribution in [0.3, 0.4) is 0 Å². The minimum atomic E-state index is 0.674. The zero-order valence-electron chi connectivity index (χ0n) is 13.9. The van der Waals surface area contributed by atoms with Gasteiger partial charge in [0.25, 0.3) is 0 Å². The summed E-state index contributed by atoms with van der Waals surface area (Å²) in [6.07, 6.45) is 4.06. The fourth-order valence-electron chi connectivity index (χ4n) is 2.73. The Kier molecular flexibility index (Phi) is 4.03. The molecule has 0 fully saturated rings. The van der Waals surface area contributed by atoms with Crippen LogP contribution in [0.2, 0.25) is 0 Å². The van der Waals surface area contributed by atoms with Crippen molar-refractivity contribution in [2.45, 2.75) is 0 Å². The lowest BCUT2D eigenvalue weighted by molar-refractivity contribution is 0.355. The van der Waals surface area contributed by atoms with Crippen LogP contribution in [0.5, 0.6) is 11.5 Å². The first-order valence-corrected chi connectivity index (χ1v) is 8.67. The summed E-state index contributed by atoms with van der Waals surface area (Å²) >= 11 is 1.67. The summed E-state index contributed by atoms with van der Waals surface area (Å²) in [5.41, 5.74) is 2.83. The first kappa shape index (κ1) is 15.5. The molecule has 0 aliphatic carbocycles. The van der Waals surface area contributed by atoms with Gasteiger partial charge in [0, 0.05) is 24.1 Å². The van der Waals surface area contributed by atoms with E-state index in [0.717, 1.165) is 27.6 Å². The van der Waals surface area contributed by atoms with E-state index in [4.69, 9.17) is 14.5 Å². The third-order valence-corrected chi connectivity index (χ3v) is 4.83. The lowest BCUT2D eigenvalue weighted by Crippen LogP contribution is -2.00. The Balaban J connectivity index is 1.77. The summed E-state index contributed by atoms with van der Waals surface area (Å²) in [7, 11) is 3.25. The van der Waals surface area contributed by atoms with Gasteiger partial charge in [0.1, 0.15) is 0 Å². The summed E-state index contributed by atoms with van der Waals surface area (Å²) in [4.78, 5) is 5.95. The van der Waals surface area contributed by atoms with Gasteiger partial charge < -0.3 is 19.2 Å². The molecule has 0 saturated carbocycles. The Morgan fingerprint density at radius 1 is 1.04 bits per heavy atom. The van der Waals surface area contributed by atoms with E-state index in [2.05, 4.69) is 21.2 Å². The predicted molar refractivity (Wildman–Crippen MR) is 101 cm³/mol. The highest BCUT2D eigenvalue weighted by molar-refractivity contribution is 7.13. The predicted octanol–water partition coefficient (Wildman–Crippen LogP) is 4.82. The van der Waals surface area contributed by atoms with Gasteiger partial charge in [-0.3, -0.25) is 0 Å². The summed E-state index contributed by atoms with van der Waals surface area (Å²) in [5.74, 6) is 2.16. The van der Waals surface area contributed by atoms with E-state index in [1.54, 1.807) is 25.6 Å². The molecule has 5 nitrogen and oxygen atoms in total. The molecule has 0 aliphatic heterocycles. The SMILES string of the molecule is COc1ccc(Nc2nc(-c3cccs3)cn3cccc23)cc1OC. The van der Waals surface area contributed by atoms with Crippen LogP contribution in [0.1, 0.15) is 0 Å². The van der Waals surface area contributed by atoms with Gasteiger partial charge in [-0.25, -0.2) is 4.98 Å². The zero-order valence-corrected chi connectivity index (χ0v) is 14.7. The molecular formula is C19H17N3O2S. The molecular weight excluding hydrogens is 334 g/mol. The van der Waals surface area contributed by atoms with E-state index in [9.17, 15) is 0 Å². The molecule has 4 rings (SSSR count). The maximum atomic E-state index is 5.38. The number of aromatic nitrogens is 2. The first-order chi connectivity index (χ1) is 12.3. The lowest BCUT2D eigenvalue weighted by atomic mass is 10.2. The molecule has 3 heterocycles. The highest BCUT2D eigenvalue weighted by Crippen LogP contribution is 2.32. The molecule has 3 aromatic heterocycles. The van der Waals surface area contributed by atoms with Crippen LogP contribution in [0.15, 0.2) is 60.2 Å². The Labute approximate surface area is 149 Å². The third-order valence-electron chi connectivity index (χ3n) is 3.94. The normalized spacial score (nSPS) is 10.8. The monoisotopic (exact) mass is 351 g/mol. The number of fused-ring (bicyclic) bond motifs is 1. The van der Waals surface area contributed by atoms with Gasteiger partial charge >= 0.3 is 0 Å². The van der Waals surface area contributed by atoms with Gasteiger partial charge in [0.15, 0.2) is 17.3 Å². The number of anilines is 2. The second-order valence-corrected chi connectivity index (χ2v) is 6.40. The molecule has 25 heavy (non-hydrogen) atoms. The maximum absolute atomic E-state index is 5.38. The number of thiophene rings is 1. The van der Waals surface area contributed by atoms with Gasteiger partial charge in [0.05, 0.1) is 30.3 Å². The van der Waals surface area contributed by atoms with Crippen LogP contribution in [-0.4, -0.2) is 23.6 Å². The van der Waals surface area contributed by atoms with E-state index in [-0.39, 0.29) is 0 Å².